The summed E-state index contributed by atoms with van der Waals surface area (Å²) >= 11 is 1.62. The number of hydrogen-bond acceptors (Lipinski definition) is 4. The van der Waals surface area contributed by atoms with Crippen LogP contribution in [0.5, 0.6) is 0 Å². The van der Waals surface area contributed by atoms with E-state index in [0.717, 1.165) is 4.88 Å². The molecule has 0 saturated heterocycles. The molecule has 0 aliphatic heterocycles. The van der Waals surface area contributed by atoms with Crippen LogP contribution in [0, 0.1) is 6.92 Å². The van der Waals surface area contributed by atoms with E-state index in [1.807, 2.05) is 18.4 Å². The van der Waals surface area contributed by atoms with E-state index in [2.05, 4.69) is 5.10 Å². The SMILES string of the molecule is Cc1ccsc1CN(C)C(=O)CCn1[nH]c(=O)c2ccccc2c1=O. The molecule has 3 rings (SSSR count). The Balaban J connectivity index is 1.73. The molecule has 7 heteroatoms. The summed E-state index contributed by atoms with van der Waals surface area (Å²) in [5.41, 5.74) is 0.546. The highest BCUT2D eigenvalue weighted by Gasteiger charge is 2.13. The van der Waals surface area contributed by atoms with Crippen LogP contribution < -0.4 is 11.1 Å². The maximum Gasteiger partial charge on any atom is 0.273 e. The second-order valence-electron chi connectivity index (χ2n) is 5.97. The fraction of sp³-hybridized carbons (Fsp3) is 0.278. The first-order valence-corrected chi connectivity index (χ1v) is 8.84. The van der Waals surface area contributed by atoms with E-state index in [1.54, 1.807) is 47.5 Å². The summed E-state index contributed by atoms with van der Waals surface area (Å²) < 4.78 is 1.22. The lowest BCUT2D eigenvalue weighted by molar-refractivity contribution is -0.130. The van der Waals surface area contributed by atoms with Gasteiger partial charge in [-0.1, -0.05) is 12.1 Å². The molecule has 0 spiro atoms. The Bertz CT molecular complexity index is 1030. The number of thiophene rings is 1. The van der Waals surface area contributed by atoms with E-state index in [4.69, 9.17) is 0 Å². The number of aryl methyl sites for hydroxylation is 2. The number of amides is 1. The van der Waals surface area contributed by atoms with E-state index < -0.39 is 0 Å². The number of carbonyl (C=O) groups excluding carboxylic acids is 1. The van der Waals surface area contributed by atoms with Crippen LogP contribution in [0.1, 0.15) is 16.9 Å². The molecule has 0 unspecified atom stereocenters. The lowest BCUT2D eigenvalue weighted by atomic mass is 10.2. The minimum absolute atomic E-state index is 0.0753. The highest BCUT2D eigenvalue weighted by Crippen LogP contribution is 2.17. The van der Waals surface area contributed by atoms with Crippen molar-refractivity contribution in [3.8, 4) is 0 Å². The highest BCUT2D eigenvalue weighted by atomic mass is 32.1. The third kappa shape index (κ3) is 3.56. The summed E-state index contributed by atoms with van der Waals surface area (Å²) in [5, 5.41) is 5.27. The molecule has 3 aromatic rings. The largest absolute Gasteiger partial charge is 0.341 e. The molecule has 0 aliphatic rings. The van der Waals surface area contributed by atoms with Crippen LogP contribution in [0.15, 0.2) is 45.3 Å². The van der Waals surface area contributed by atoms with Crippen molar-refractivity contribution in [2.45, 2.75) is 26.4 Å². The van der Waals surface area contributed by atoms with Crippen molar-refractivity contribution in [2.24, 2.45) is 0 Å². The Morgan fingerprint density at radius 3 is 2.60 bits per heavy atom. The predicted molar refractivity (Wildman–Crippen MR) is 99.0 cm³/mol. The van der Waals surface area contributed by atoms with Crippen molar-refractivity contribution >= 4 is 28.0 Å². The third-order valence-corrected chi connectivity index (χ3v) is 5.22. The summed E-state index contributed by atoms with van der Waals surface area (Å²) in [6.07, 6.45) is 0.148. The zero-order valence-corrected chi connectivity index (χ0v) is 14.9. The van der Waals surface area contributed by atoms with E-state index >= 15 is 0 Å². The van der Waals surface area contributed by atoms with Crippen LogP contribution in [0.4, 0.5) is 0 Å². The molecule has 0 fully saturated rings. The maximum absolute atomic E-state index is 12.4. The Morgan fingerprint density at radius 2 is 1.92 bits per heavy atom. The van der Waals surface area contributed by atoms with Gasteiger partial charge in [0.25, 0.3) is 11.1 Å². The first-order valence-electron chi connectivity index (χ1n) is 7.96. The van der Waals surface area contributed by atoms with Gasteiger partial charge in [-0.15, -0.1) is 11.3 Å². The van der Waals surface area contributed by atoms with Crippen LogP contribution in [0.3, 0.4) is 0 Å². The standard InChI is InChI=1S/C18H19N3O3S/c1-12-8-10-25-15(12)11-20(2)16(22)7-9-21-18(24)14-6-4-3-5-13(14)17(23)19-21/h3-6,8,10H,7,9,11H2,1-2H3,(H,19,23). The third-order valence-electron chi connectivity index (χ3n) is 4.21. The van der Waals surface area contributed by atoms with E-state index in [0.29, 0.717) is 17.3 Å². The molecule has 0 saturated carbocycles. The number of H-pyrrole nitrogens is 1. The first kappa shape index (κ1) is 17.2. The van der Waals surface area contributed by atoms with Crippen molar-refractivity contribution in [3.63, 3.8) is 0 Å². The van der Waals surface area contributed by atoms with Crippen molar-refractivity contribution in [1.82, 2.24) is 14.7 Å². The predicted octanol–water partition coefficient (Wildman–Crippen LogP) is 2.11. The summed E-state index contributed by atoms with van der Waals surface area (Å²) in [6.45, 7) is 2.71. The van der Waals surface area contributed by atoms with Gasteiger partial charge in [-0.3, -0.25) is 19.5 Å². The second-order valence-corrected chi connectivity index (χ2v) is 6.97. The lowest BCUT2D eigenvalue weighted by Crippen LogP contribution is -2.33. The van der Waals surface area contributed by atoms with Gasteiger partial charge in [0.1, 0.15) is 0 Å². The smallest absolute Gasteiger partial charge is 0.273 e. The lowest BCUT2D eigenvalue weighted by Gasteiger charge is -2.17. The molecule has 0 atom stereocenters. The van der Waals surface area contributed by atoms with E-state index in [1.165, 1.54) is 10.2 Å². The van der Waals surface area contributed by atoms with Gasteiger partial charge in [-0.05, 0) is 36.1 Å². The van der Waals surface area contributed by atoms with E-state index in [-0.39, 0.29) is 30.0 Å². The van der Waals surface area contributed by atoms with Crippen LogP contribution >= 0.6 is 11.3 Å². The zero-order chi connectivity index (χ0) is 18.0. The first-order chi connectivity index (χ1) is 12.0. The summed E-state index contributed by atoms with van der Waals surface area (Å²) in [4.78, 5) is 39.6. The molecule has 130 valence electrons. The molecule has 6 nitrogen and oxygen atoms in total. The average Bonchev–Trinajstić information content (AvgIpc) is 3.01. The number of nitrogens with zero attached hydrogens (tertiary/aromatic N) is 2. The average molecular weight is 357 g/mol. The number of aromatic amines is 1. The number of benzene rings is 1. The van der Waals surface area contributed by atoms with Gasteiger partial charge in [0.2, 0.25) is 5.91 Å². The Kier molecular flexibility index (Phi) is 4.85. The van der Waals surface area contributed by atoms with Gasteiger partial charge in [0.15, 0.2) is 0 Å². The number of nitrogens with one attached hydrogen (secondary N) is 1. The van der Waals surface area contributed by atoms with Gasteiger partial charge >= 0.3 is 0 Å². The number of aromatic nitrogens is 2. The normalized spacial score (nSPS) is 11.0. The quantitative estimate of drug-likeness (QED) is 0.760. The topological polar surface area (TPSA) is 75.2 Å². The van der Waals surface area contributed by atoms with Crippen LogP contribution in [0.2, 0.25) is 0 Å². The minimum Gasteiger partial charge on any atom is -0.341 e. The molecule has 1 aromatic carbocycles. The Hall–Kier alpha value is -2.67. The van der Waals surface area contributed by atoms with Gasteiger partial charge in [-0.2, -0.15) is 0 Å². The van der Waals surface area contributed by atoms with E-state index in [9.17, 15) is 14.4 Å². The number of rotatable bonds is 5. The van der Waals surface area contributed by atoms with Gasteiger partial charge < -0.3 is 4.90 Å². The molecule has 2 heterocycles. The number of fused-ring (bicyclic) bond motifs is 1. The van der Waals surface area contributed by atoms with Crippen LogP contribution in [-0.4, -0.2) is 27.6 Å². The molecule has 25 heavy (non-hydrogen) atoms. The fourth-order valence-corrected chi connectivity index (χ4v) is 3.63. The van der Waals surface area contributed by atoms with Crippen molar-refractivity contribution in [2.75, 3.05) is 7.05 Å². The Morgan fingerprint density at radius 1 is 1.20 bits per heavy atom. The van der Waals surface area contributed by atoms with Crippen LogP contribution in [-0.2, 0) is 17.9 Å². The second kappa shape index (κ2) is 7.06. The Labute approximate surface area is 148 Å². The molecule has 1 N–H and O–H groups in total. The number of hydrogen-bond donors (Lipinski definition) is 1. The van der Waals surface area contributed by atoms with Gasteiger partial charge in [0.05, 0.1) is 23.9 Å². The van der Waals surface area contributed by atoms with Crippen LogP contribution in [0.25, 0.3) is 10.8 Å². The number of carbonyl (C=O) groups is 1. The summed E-state index contributed by atoms with van der Waals surface area (Å²) in [7, 11) is 1.74. The monoisotopic (exact) mass is 357 g/mol. The molecular formula is C18H19N3O3S. The summed E-state index contributed by atoms with van der Waals surface area (Å²) in [6, 6.07) is 8.69. The minimum atomic E-state index is -0.329. The van der Waals surface area contributed by atoms with Crippen molar-refractivity contribution in [1.29, 1.82) is 0 Å². The summed E-state index contributed by atoms with van der Waals surface area (Å²) in [5.74, 6) is -0.0753. The molecule has 0 aliphatic carbocycles. The highest BCUT2D eigenvalue weighted by molar-refractivity contribution is 7.10. The zero-order valence-electron chi connectivity index (χ0n) is 14.1. The maximum atomic E-state index is 12.4. The molecular weight excluding hydrogens is 338 g/mol. The van der Waals surface area contributed by atoms with Crippen molar-refractivity contribution < 1.29 is 4.79 Å². The fourth-order valence-electron chi connectivity index (χ4n) is 2.67. The molecule has 1 amide bonds. The van der Waals surface area contributed by atoms with Gasteiger partial charge in [0, 0.05) is 18.3 Å². The van der Waals surface area contributed by atoms with Gasteiger partial charge in [-0.25, -0.2) is 4.68 Å². The molecule has 0 radical (unpaired) electrons. The van der Waals surface area contributed by atoms with Crippen molar-refractivity contribution in [3.05, 3.63) is 66.9 Å². The molecule has 2 aromatic heterocycles. The molecule has 0 bridgehead atoms.